The Labute approximate surface area is 163 Å². The van der Waals surface area contributed by atoms with E-state index in [-0.39, 0.29) is 68.4 Å². The number of hydrogen-bond acceptors (Lipinski definition) is 5. The van der Waals surface area contributed by atoms with Gasteiger partial charge in [0, 0.05) is 26.5 Å². The zero-order valence-electron chi connectivity index (χ0n) is 14.4. The summed E-state index contributed by atoms with van der Waals surface area (Å²) in [4.78, 5) is 24.0. The quantitative estimate of drug-likeness (QED) is 0.204. The second kappa shape index (κ2) is 17.8. The van der Waals surface area contributed by atoms with Crippen molar-refractivity contribution in [3.05, 3.63) is 12.4 Å². The SMILES string of the molecule is CN1C=CN(C)C1.CN1C=[N+](C)CC1.Cl.O=CC=O.[Cl-].[H-].[Na+]. The largest absolute Gasteiger partial charge is 1.00 e. The number of hydrogen-bond donors (Lipinski definition) is 0. The van der Waals surface area contributed by atoms with Crippen molar-refractivity contribution < 1.29 is 57.6 Å². The van der Waals surface area contributed by atoms with Gasteiger partial charge in [0.25, 0.3) is 0 Å². The molecule has 2 rings (SSSR count). The van der Waals surface area contributed by atoms with Crippen LogP contribution in [-0.2, 0) is 9.59 Å². The van der Waals surface area contributed by atoms with Crippen molar-refractivity contribution in [3.8, 4) is 0 Å². The number of nitrogens with zero attached hydrogens (tertiary/aromatic N) is 4. The molecule has 0 spiro atoms. The standard InChI is InChI=1S/C5H11N2.C5H10N2.C2H2O2.2ClH.Na.H/c2*1-6-3-4-7(2)5-6;3-1-2-4;;;;/h5H,3-4H2,1-2H3;3-4H,5H2,1-2H3;1-2H;2*1H;;/q+1;;;;;+1;-1/p-1. The molecule has 2 heterocycles. The summed E-state index contributed by atoms with van der Waals surface area (Å²) in [6.07, 6.45) is 6.61. The Morgan fingerprint density at radius 1 is 1.05 bits per heavy atom. The van der Waals surface area contributed by atoms with Crippen LogP contribution in [0, 0.1) is 0 Å². The third-order valence-corrected chi connectivity index (χ3v) is 2.28. The normalized spacial score (nSPS) is 14.1. The van der Waals surface area contributed by atoms with Gasteiger partial charge in [0.2, 0.25) is 6.34 Å². The first-order chi connectivity index (χ1) is 8.49. The molecule has 6 nitrogen and oxygen atoms in total. The van der Waals surface area contributed by atoms with Crippen LogP contribution in [0.15, 0.2) is 12.4 Å². The Morgan fingerprint density at radius 3 is 1.57 bits per heavy atom. The van der Waals surface area contributed by atoms with Crippen LogP contribution >= 0.6 is 12.4 Å². The Balaban J connectivity index is -0.0000000623. The van der Waals surface area contributed by atoms with Crippen molar-refractivity contribution in [2.45, 2.75) is 0 Å². The van der Waals surface area contributed by atoms with E-state index in [1.165, 1.54) is 13.1 Å². The van der Waals surface area contributed by atoms with Crippen molar-refractivity contribution >= 4 is 31.3 Å². The number of halogens is 2. The summed E-state index contributed by atoms with van der Waals surface area (Å²) in [7, 11) is 8.28. The maximum absolute atomic E-state index is 8.81. The third kappa shape index (κ3) is 17.7. The summed E-state index contributed by atoms with van der Waals surface area (Å²) < 4.78 is 2.18. The van der Waals surface area contributed by atoms with Crippen molar-refractivity contribution in [3.63, 3.8) is 0 Å². The van der Waals surface area contributed by atoms with Crippen LogP contribution in [0.4, 0.5) is 0 Å². The molecule has 0 radical (unpaired) electrons. The van der Waals surface area contributed by atoms with Gasteiger partial charge in [-0.3, -0.25) is 19.1 Å². The van der Waals surface area contributed by atoms with Crippen molar-refractivity contribution in [1.82, 2.24) is 14.7 Å². The van der Waals surface area contributed by atoms with Gasteiger partial charge in [-0.1, -0.05) is 0 Å². The summed E-state index contributed by atoms with van der Waals surface area (Å²) >= 11 is 0. The molecule has 120 valence electrons. The minimum absolute atomic E-state index is 0. The van der Waals surface area contributed by atoms with E-state index >= 15 is 0 Å². The first-order valence-corrected chi connectivity index (χ1v) is 5.72. The Morgan fingerprint density at radius 2 is 1.48 bits per heavy atom. The molecule has 0 amide bonds. The number of carbonyl (C=O) groups is 2. The van der Waals surface area contributed by atoms with Gasteiger partial charge in [0.1, 0.15) is 13.1 Å². The van der Waals surface area contributed by atoms with E-state index in [4.69, 9.17) is 9.59 Å². The second-order valence-corrected chi connectivity index (χ2v) is 4.30. The van der Waals surface area contributed by atoms with Gasteiger partial charge in [0.15, 0.2) is 12.6 Å². The summed E-state index contributed by atoms with van der Waals surface area (Å²) in [5.41, 5.74) is 0. The molecule has 0 saturated heterocycles. The van der Waals surface area contributed by atoms with Crippen LogP contribution in [0.25, 0.3) is 0 Å². The van der Waals surface area contributed by atoms with Crippen LogP contribution in [-0.4, -0.2) is 86.1 Å². The van der Waals surface area contributed by atoms with E-state index in [0.717, 1.165) is 6.67 Å². The molecule has 0 atom stereocenters. The molecule has 9 heteroatoms. The minimum Gasteiger partial charge on any atom is -1.00 e. The summed E-state index contributed by atoms with van der Waals surface area (Å²) in [5.74, 6) is 0. The zero-order chi connectivity index (χ0) is 14.0. The second-order valence-electron chi connectivity index (χ2n) is 4.30. The smallest absolute Gasteiger partial charge is 1.00 e. The molecule has 0 aromatic heterocycles. The van der Waals surface area contributed by atoms with Gasteiger partial charge in [-0.15, -0.1) is 12.4 Å². The number of rotatable bonds is 1. The maximum Gasteiger partial charge on any atom is 1.00 e. The molecule has 2 aliphatic rings. The van der Waals surface area contributed by atoms with E-state index in [2.05, 4.69) is 66.2 Å². The average Bonchev–Trinajstić information content (AvgIpc) is 2.88. The van der Waals surface area contributed by atoms with Gasteiger partial charge < -0.3 is 23.6 Å². The third-order valence-electron chi connectivity index (χ3n) is 2.28. The molecular formula is C12H25Cl2N4NaO2. The van der Waals surface area contributed by atoms with Crippen molar-refractivity contribution in [2.75, 3.05) is 47.9 Å². The molecule has 2 aliphatic heterocycles. The molecule has 0 fully saturated rings. The van der Waals surface area contributed by atoms with Crippen LogP contribution in [0.3, 0.4) is 0 Å². The molecule has 0 bridgehead atoms. The molecule has 21 heavy (non-hydrogen) atoms. The van der Waals surface area contributed by atoms with Crippen LogP contribution in [0.2, 0.25) is 0 Å². The number of carbonyl (C=O) groups excluding carboxylic acids is 2. The molecular weight excluding hydrogens is 326 g/mol. The number of aldehydes is 2. The van der Waals surface area contributed by atoms with Gasteiger partial charge >= 0.3 is 29.6 Å². The Kier molecular flexibility index (Phi) is 24.4. The predicted octanol–water partition coefficient (Wildman–Crippen LogP) is -6.18. The molecule has 0 aliphatic carbocycles. The molecule has 0 N–H and O–H groups in total. The van der Waals surface area contributed by atoms with Crippen molar-refractivity contribution in [1.29, 1.82) is 0 Å². The predicted molar refractivity (Wildman–Crippen MR) is 79.8 cm³/mol. The fourth-order valence-electron chi connectivity index (χ4n) is 1.44. The van der Waals surface area contributed by atoms with E-state index in [0.29, 0.717) is 0 Å². The average molecular weight is 351 g/mol. The minimum atomic E-state index is 0. The van der Waals surface area contributed by atoms with Gasteiger partial charge in [-0.25, -0.2) is 0 Å². The van der Waals surface area contributed by atoms with E-state index < -0.39 is 0 Å². The number of likely N-dealkylation sites (N-methyl/N-ethyl adjacent to an activating group) is 2. The molecule has 0 aromatic carbocycles. The van der Waals surface area contributed by atoms with E-state index in [9.17, 15) is 0 Å². The van der Waals surface area contributed by atoms with Gasteiger partial charge in [-0.2, -0.15) is 0 Å². The molecule has 0 aromatic rings. The Bertz CT molecular complexity index is 320. The van der Waals surface area contributed by atoms with Gasteiger partial charge in [0.05, 0.1) is 20.8 Å². The zero-order valence-corrected chi connectivity index (χ0v) is 17.0. The fourth-order valence-corrected chi connectivity index (χ4v) is 1.44. The first-order valence-electron chi connectivity index (χ1n) is 5.72. The summed E-state index contributed by atoms with van der Waals surface area (Å²) in [6.45, 7) is 3.38. The molecule has 0 saturated carbocycles. The molecule has 0 unspecified atom stereocenters. The fraction of sp³-hybridized carbons (Fsp3) is 0.583. The Hall–Kier alpha value is -0.270. The summed E-state index contributed by atoms with van der Waals surface area (Å²) in [6, 6.07) is 0. The monoisotopic (exact) mass is 350 g/mol. The summed E-state index contributed by atoms with van der Waals surface area (Å²) in [5, 5.41) is 0. The van der Waals surface area contributed by atoms with E-state index in [1.54, 1.807) is 0 Å². The maximum atomic E-state index is 8.81. The first kappa shape index (κ1) is 28.8. The van der Waals surface area contributed by atoms with Crippen LogP contribution in [0.5, 0.6) is 0 Å². The topological polar surface area (TPSA) is 46.9 Å². The van der Waals surface area contributed by atoms with Crippen LogP contribution < -0.4 is 42.0 Å². The van der Waals surface area contributed by atoms with Gasteiger partial charge in [-0.05, 0) is 0 Å². The van der Waals surface area contributed by atoms with E-state index in [1.807, 2.05) is 0 Å². The van der Waals surface area contributed by atoms with Crippen LogP contribution in [0.1, 0.15) is 1.43 Å². The van der Waals surface area contributed by atoms with Crippen molar-refractivity contribution in [2.24, 2.45) is 0 Å².